The van der Waals surface area contributed by atoms with E-state index < -0.39 is 42.9 Å². The number of phenolic OH excluding ortho intramolecular Hbond substituents is 1. The average Bonchev–Trinajstić information content (AvgIpc) is 2.52. The van der Waals surface area contributed by atoms with Gasteiger partial charge in [-0.25, -0.2) is 0 Å². The van der Waals surface area contributed by atoms with E-state index in [0.29, 0.717) is 5.56 Å². The van der Waals surface area contributed by atoms with E-state index in [2.05, 4.69) is 0 Å². The Morgan fingerprint density at radius 2 is 1.73 bits per heavy atom. The number of hydrogen-bond donors (Lipinski definition) is 5. The lowest BCUT2D eigenvalue weighted by Gasteiger charge is -2.38. The second-order valence-corrected chi connectivity index (χ2v) is 5.08. The summed E-state index contributed by atoms with van der Waals surface area (Å²) in [4.78, 5) is 12.1. The first kappa shape index (κ1) is 16.6. The molecule has 0 saturated carbocycles. The van der Waals surface area contributed by atoms with Crippen molar-refractivity contribution in [2.75, 3.05) is 6.61 Å². The number of ether oxygens (including phenoxy) is 1. The second-order valence-electron chi connectivity index (χ2n) is 5.08. The maximum atomic E-state index is 12.1. The third kappa shape index (κ3) is 3.52. The van der Waals surface area contributed by atoms with Gasteiger partial charge < -0.3 is 30.3 Å². The minimum atomic E-state index is -1.59. The predicted molar refractivity (Wildman–Crippen MR) is 75.9 cm³/mol. The molecule has 0 amide bonds. The van der Waals surface area contributed by atoms with Crippen LogP contribution >= 0.6 is 0 Å². The van der Waals surface area contributed by atoms with Crippen LogP contribution in [0.25, 0.3) is 6.08 Å². The fourth-order valence-corrected chi connectivity index (χ4v) is 2.20. The van der Waals surface area contributed by atoms with Crippen molar-refractivity contribution in [3.63, 3.8) is 0 Å². The Kier molecular flexibility index (Phi) is 5.28. The molecule has 7 heteroatoms. The fourth-order valence-electron chi connectivity index (χ4n) is 2.20. The van der Waals surface area contributed by atoms with Gasteiger partial charge in [0.05, 0.1) is 6.61 Å². The van der Waals surface area contributed by atoms with Gasteiger partial charge >= 0.3 is 0 Å². The molecular weight excluding hydrogens is 292 g/mol. The summed E-state index contributed by atoms with van der Waals surface area (Å²) in [5.74, 6) is -0.512. The molecule has 0 bridgehead atoms. The number of aliphatic hydroxyl groups excluding tert-OH is 4. The zero-order chi connectivity index (χ0) is 16.3. The molecule has 5 N–H and O–H groups in total. The number of aromatic hydroxyl groups is 1. The van der Waals surface area contributed by atoms with E-state index in [0.717, 1.165) is 0 Å². The molecule has 7 nitrogen and oxygen atoms in total. The first-order valence-electron chi connectivity index (χ1n) is 6.75. The van der Waals surface area contributed by atoms with Gasteiger partial charge in [-0.3, -0.25) is 4.79 Å². The van der Waals surface area contributed by atoms with Crippen LogP contribution in [0.3, 0.4) is 0 Å². The van der Waals surface area contributed by atoms with Crippen molar-refractivity contribution in [2.45, 2.75) is 30.5 Å². The van der Waals surface area contributed by atoms with Gasteiger partial charge in [-0.05, 0) is 23.8 Å². The van der Waals surface area contributed by atoms with Crippen molar-refractivity contribution in [3.05, 3.63) is 35.9 Å². The molecule has 1 aromatic rings. The lowest BCUT2D eigenvalue weighted by atomic mass is 9.93. The molecule has 1 aliphatic heterocycles. The van der Waals surface area contributed by atoms with E-state index in [1.165, 1.54) is 24.3 Å². The molecule has 1 saturated heterocycles. The lowest BCUT2D eigenvalue weighted by Crippen LogP contribution is -2.60. The zero-order valence-electron chi connectivity index (χ0n) is 11.6. The van der Waals surface area contributed by atoms with Crippen molar-refractivity contribution >= 4 is 11.9 Å². The fraction of sp³-hybridized carbons (Fsp3) is 0.400. The molecule has 120 valence electrons. The molecule has 5 atom stereocenters. The van der Waals surface area contributed by atoms with Crippen molar-refractivity contribution in [1.29, 1.82) is 0 Å². The van der Waals surface area contributed by atoms with Crippen molar-refractivity contribution in [1.82, 2.24) is 0 Å². The summed E-state index contributed by atoms with van der Waals surface area (Å²) in [6.07, 6.45) is -4.53. The first-order valence-corrected chi connectivity index (χ1v) is 6.75. The van der Waals surface area contributed by atoms with E-state index in [1.807, 2.05) is 0 Å². The van der Waals surface area contributed by atoms with Gasteiger partial charge in [-0.2, -0.15) is 0 Å². The molecule has 1 fully saturated rings. The third-order valence-electron chi connectivity index (χ3n) is 3.51. The third-order valence-corrected chi connectivity index (χ3v) is 3.51. The maximum absolute atomic E-state index is 12.1. The Balaban J connectivity index is 2.09. The van der Waals surface area contributed by atoms with Gasteiger partial charge in [-0.15, -0.1) is 0 Å². The van der Waals surface area contributed by atoms with Crippen LogP contribution in [-0.4, -0.2) is 68.4 Å². The molecule has 5 unspecified atom stereocenters. The minimum absolute atomic E-state index is 0.0948. The number of hydrogen-bond acceptors (Lipinski definition) is 7. The highest BCUT2D eigenvalue weighted by Gasteiger charge is 2.45. The van der Waals surface area contributed by atoms with Gasteiger partial charge in [0.15, 0.2) is 5.78 Å². The Bertz CT molecular complexity index is 537. The van der Waals surface area contributed by atoms with Gasteiger partial charge in [-0.1, -0.05) is 18.2 Å². The summed E-state index contributed by atoms with van der Waals surface area (Å²) in [7, 11) is 0. The zero-order valence-corrected chi connectivity index (χ0v) is 11.6. The highest BCUT2D eigenvalue weighted by molar-refractivity contribution is 5.97. The van der Waals surface area contributed by atoms with Crippen molar-refractivity contribution in [3.8, 4) is 5.75 Å². The van der Waals surface area contributed by atoms with Crippen molar-refractivity contribution in [2.24, 2.45) is 0 Å². The number of benzene rings is 1. The van der Waals surface area contributed by atoms with E-state index in [-0.39, 0.29) is 5.75 Å². The van der Waals surface area contributed by atoms with E-state index >= 15 is 0 Å². The van der Waals surface area contributed by atoms with E-state index in [9.17, 15) is 20.1 Å². The molecule has 0 radical (unpaired) electrons. The summed E-state index contributed by atoms with van der Waals surface area (Å²) in [5, 5.41) is 47.3. The van der Waals surface area contributed by atoms with Gasteiger partial charge in [0.2, 0.25) is 0 Å². The van der Waals surface area contributed by atoms with Crippen LogP contribution in [-0.2, 0) is 9.53 Å². The van der Waals surface area contributed by atoms with Gasteiger partial charge in [0.25, 0.3) is 0 Å². The summed E-state index contributed by atoms with van der Waals surface area (Å²) >= 11 is 0. The number of carbonyl (C=O) groups is 1. The molecule has 22 heavy (non-hydrogen) atoms. The van der Waals surface area contributed by atoms with Crippen LogP contribution in [0.15, 0.2) is 30.3 Å². The van der Waals surface area contributed by atoms with Crippen LogP contribution in [0.4, 0.5) is 0 Å². The lowest BCUT2D eigenvalue weighted by molar-refractivity contribution is -0.224. The van der Waals surface area contributed by atoms with Crippen LogP contribution in [0.1, 0.15) is 5.56 Å². The summed E-state index contributed by atoms with van der Waals surface area (Å²) in [6, 6.07) is 6.09. The molecule has 0 aliphatic carbocycles. The number of rotatable bonds is 4. The summed E-state index contributed by atoms with van der Waals surface area (Å²) < 4.78 is 5.15. The largest absolute Gasteiger partial charge is 0.508 e. The normalized spacial score (nSPS) is 32.3. The quantitative estimate of drug-likeness (QED) is 0.443. The second kappa shape index (κ2) is 6.99. The van der Waals surface area contributed by atoms with Crippen molar-refractivity contribution < 1.29 is 35.1 Å². The molecule has 1 aliphatic rings. The van der Waals surface area contributed by atoms with E-state index in [4.69, 9.17) is 14.9 Å². The number of phenols is 1. The Morgan fingerprint density at radius 1 is 1.09 bits per heavy atom. The Hall–Kier alpha value is -1.77. The van der Waals surface area contributed by atoms with Crippen LogP contribution < -0.4 is 0 Å². The average molecular weight is 310 g/mol. The van der Waals surface area contributed by atoms with Gasteiger partial charge in [0, 0.05) is 0 Å². The number of aliphatic hydroxyl groups is 4. The van der Waals surface area contributed by atoms with E-state index in [1.54, 1.807) is 12.1 Å². The molecule has 0 spiro atoms. The number of ketones is 1. The van der Waals surface area contributed by atoms with Crippen LogP contribution in [0.5, 0.6) is 5.75 Å². The Morgan fingerprint density at radius 3 is 2.32 bits per heavy atom. The summed E-state index contributed by atoms with van der Waals surface area (Å²) in [5.41, 5.74) is 0.649. The monoisotopic (exact) mass is 310 g/mol. The smallest absolute Gasteiger partial charge is 0.187 e. The first-order chi connectivity index (χ1) is 10.4. The number of carbonyl (C=O) groups excluding carboxylic acids is 1. The highest BCUT2D eigenvalue weighted by atomic mass is 16.5. The predicted octanol–water partition coefficient (Wildman–Crippen LogP) is -1.18. The van der Waals surface area contributed by atoms with Crippen LogP contribution in [0, 0.1) is 0 Å². The molecule has 0 aromatic heterocycles. The van der Waals surface area contributed by atoms with Gasteiger partial charge in [0.1, 0.15) is 36.3 Å². The summed E-state index contributed by atoms with van der Waals surface area (Å²) in [6.45, 7) is -0.587. The molecule has 2 rings (SSSR count). The standard InChI is InChI=1S/C15H18O7/c16-7-11-12(19)13(20)14(21)15(22-11)10(18)6-3-8-1-4-9(17)5-2-8/h1-6,11-17,19-21H,7H2. The minimum Gasteiger partial charge on any atom is -0.508 e. The SMILES string of the molecule is O=C(C=Cc1ccc(O)cc1)C1OC(CO)C(O)C(O)C1O. The van der Waals surface area contributed by atoms with Crippen LogP contribution in [0.2, 0.25) is 0 Å². The molecule has 1 heterocycles. The highest BCUT2D eigenvalue weighted by Crippen LogP contribution is 2.22. The molecule has 1 aromatic carbocycles. The molecular formula is C15H18O7. The maximum Gasteiger partial charge on any atom is 0.187 e. The topological polar surface area (TPSA) is 127 Å². The Labute approximate surface area is 126 Å².